The molecule has 0 fully saturated rings. The minimum atomic E-state index is -1.02. The van der Waals surface area contributed by atoms with Crippen molar-refractivity contribution in [2.75, 3.05) is 18.6 Å². The van der Waals surface area contributed by atoms with Gasteiger partial charge in [0.05, 0.1) is 6.04 Å². The van der Waals surface area contributed by atoms with Gasteiger partial charge in [0.25, 0.3) is 0 Å². The molecule has 4 nitrogen and oxygen atoms in total. The lowest BCUT2D eigenvalue weighted by Crippen LogP contribution is -2.19. The molecule has 1 heterocycles. The predicted molar refractivity (Wildman–Crippen MR) is 69.7 cm³/mol. The first-order valence-corrected chi connectivity index (χ1v) is 7.10. The zero-order valence-electron chi connectivity index (χ0n) is 10.2. The third-order valence-electron chi connectivity index (χ3n) is 2.49. The average Bonchev–Trinajstić information content (AvgIpc) is 2.78. The zero-order chi connectivity index (χ0) is 12.7. The van der Waals surface area contributed by atoms with Crippen LogP contribution in [-0.2, 0) is 0 Å². The van der Waals surface area contributed by atoms with E-state index in [1.54, 1.807) is 6.07 Å². The molecule has 5 heteroatoms. The van der Waals surface area contributed by atoms with Gasteiger partial charge in [-0.1, -0.05) is 0 Å². The van der Waals surface area contributed by atoms with Crippen LogP contribution in [0.25, 0.3) is 0 Å². The molecule has 1 aromatic heterocycles. The lowest BCUT2D eigenvalue weighted by molar-refractivity contribution is 0.0659. The molecule has 0 aliphatic carbocycles. The second kappa shape index (κ2) is 7.40. The maximum absolute atomic E-state index is 10.7. The molecule has 96 valence electrons. The fourth-order valence-corrected chi connectivity index (χ4v) is 1.98. The Morgan fingerprint density at radius 1 is 1.53 bits per heavy atom. The summed E-state index contributed by atoms with van der Waals surface area (Å²) in [7, 11) is 0. The molecule has 0 aromatic carbocycles. The summed E-state index contributed by atoms with van der Waals surface area (Å²) in [6.45, 7) is 2.89. The summed E-state index contributed by atoms with van der Waals surface area (Å²) < 4.78 is 5.22. The summed E-state index contributed by atoms with van der Waals surface area (Å²) in [5.41, 5.74) is 0. The zero-order valence-corrected chi connectivity index (χ0v) is 11.0. The van der Waals surface area contributed by atoms with Gasteiger partial charge in [-0.2, -0.15) is 11.8 Å². The fourth-order valence-electron chi connectivity index (χ4n) is 1.49. The van der Waals surface area contributed by atoms with Gasteiger partial charge < -0.3 is 14.8 Å². The van der Waals surface area contributed by atoms with Crippen LogP contribution in [-0.4, -0.2) is 29.6 Å². The van der Waals surface area contributed by atoms with Crippen LogP contribution in [0.4, 0.5) is 0 Å². The average molecular weight is 257 g/mol. The molecular weight excluding hydrogens is 238 g/mol. The van der Waals surface area contributed by atoms with Gasteiger partial charge in [-0.15, -0.1) is 0 Å². The van der Waals surface area contributed by atoms with E-state index in [9.17, 15) is 4.79 Å². The summed E-state index contributed by atoms with van der Waals surface area (Å²) in [6, 6.07) is 3.25. The Balaban J connectivity index is 2.31. The van der Waals surface area contributed by atoms with E-state index in [4.69, 9.17) is 9.52 Å². The highest BCUT2D eigenvalue weighted by molar-refractivity contribution is 7.98. The van der Waals surface area contributed by atoms with Gasteiger partial charge in [0.15, 0.2) is 0 Å². The number of furan rings is 1. The quantitative estimate of drug-likeness (QED) is 0.701. The van der Waals surface area contributed by atoms with Crippen molar-refractivity contribution in [2.24, 2.45) is 0 Å². The van der Waals surface area contributed by atoms with Gasteiger partial charge in [-0.25, -0.2) is 4.79 Å². The van der Waals surface area contributed by atoms with E-state index < -0.39 is 5.97 Å². The van der Waals surface area contributed by atoms with Crippen molar-refractivity contribution in [1.82, 2.24) is 5.32 Å². The molecule has 0 saturated heterocycles. The predicted octanol–water partition coefficient (Wildman–Crippen LogP) is 2.77. The number of unbranched alkanes of at least 4 members (excludes halogenated alkanes) is 1. The van der Waals surface area contributed by atoms with Gasteiger partial charge in [-0.3, -0.25) is 0 Å². The molecule has 0 radical (unpaired) electrons. The number of rotatable bonds is 8. The number of aromatic carboxylic acids is 1. The fraction of sp³-hybridized carbons (Fsp3) is 0.583. The van der Waals surface area contributed by atoms with Gasteiger partial charge >= 0.3 is 5.97 Å². The highest BCUT2D eigenvalue weighted by Gasteiger charge is 2.13. The van der Waals surface area contributed by atoms with E-state index in [1.807, 2.05) is 18.7 Å². The van der Waals surface area contributed by atoms with E-state index in [1.165, 1.54) is 18.2 Å². The second-order valence-corrected chi connectivity index (χ2v) is 4.87. The summed E-state index contributed by atoms with van der Waals surface area (Å²) in [6.07, 6.45) is 4.42. The number of thioether (sulfide) groups is 1. The van der Waals surface area contributed by atoms with Crippen molar-refractivity contribution >= 4 is 17.7 Å². The molecule has 1 aromatic rings. The van der Waals surface area contributed by atoms with E-state index in [0.29, 0.717) is 5.76 Å². The number of carbonyl (C=O) groups is 1. The first-order chi connectivity index (χ1) is 8.15. The van der Waals surface area contributed by atoms with Gasteiger partial charge in [-0.05, 0) is 50.5 Å². The Morgan fingerprint density at radius 3 is 2.88 bits per heavy atom. The number of nitrogens with one attached hydrogen (secondary N) is 1. The maximum atomic E-state index is 10.7. The molecule has 0 bridgehead atoms. The van der Waals surface area contributed by atoms with Crippen molar-refractivity contribution in [1.29, 1.82) is 0 Å². The van der Waals surface area contributed by atoms with Crippen LogP contribution in [0.3, 0.4) is 0 Å². The smallest absolute Gasteiger partial charge is 0.371 e. The first kappa shape index (κ1) is 14.1. The summed E-state index contributed by atoms with van der Waals surface area (Å²) in [5, 5.41) is 12.1. The van der Waals surface area contributed by atoms with Crippen LogP contribution < -0.4 is 5.32 Å². The van der Waals surface area contributed by atoms with Crippen molar-refractivity contribution in [2.45, 2.75) is 25.8 Å². The molecule has 0 amide bonds. The minimum absolute atomic E-state index is 0.00367. The SMILES string of the molecule is CSCCCCNC(C)c1ccc(C(=O)O)o1. The van der Waals surface area contributed by atoms with Crippen molar-refractivity contribution in [3.63, 3.8) is 0 Å². The lowest BCUT2D eigenvalue weighted by atomic mass is 10.2. The molecule has 17 heavy (non-hydrogen) atoms. The standard InChI is InChI=1S/C12H19NO3S/c1-9(13-7-3-4-8-17-2)10-5-6-11(16-10)12(14)15/h5-6,9,13H,3-4,7-8H2,1-2H3,(H,14,15). The third kappa shape index (κ3) is 4.83. The second-order valence-electron chi connectivity index (χ2n) is 3.88. The molecule has 1 rings (SSSR count). The largest absolute Gasteiger partial charge is 0.475 e. The monoisotopic (exact) mass is 257 g/mol. The minimum Gasteiger partial charge on any atom is -0.475 e. The molecule has 1 atom stereocenters. The van der Waals surface area contributed by atoms with E-state index in [-0.39, 0.29) is 11.8 Å². The Morgan fingerprint density at radius 2 is 2.29 bits per heavy atom. The molecule has 0 aliphatic heterocycles. The molecule has 2 N–H and O–H groups in total. The number of carboxylic acids is 1. The Kier molecular flexibility index (Phi) is 6.15. The Labute approximate surface area is 106 Å². The van der Waals surface area contributed by atoms with Crippen LogP contribution in [0.2, 0.25) is 0 Å². The Hall–Kier alpha value is -0.940. The van der Waals surface area contributed by atoms with E-state index in [0.717, 1.165) is 13.0 Å². The first-order valence-electron chi connectivity index (χ1n) is 5.70. The van der Waals surface area contributed by atoms with Gasteiger partial charge in [0.2, 0.25) is 5.76 Å². The van der Waals surface area contributed by atoms with Crippen molar-refractivity contribution in [3.05, 3.63) is 23.7 Å². The highest BCUT2D eigenvalue weighted by Crippen LogP contribution is 2.16. The normalized spacial score (nSPS) is 12.6. The number of hydrogen-bond donors (Lipinski definition) is 2. The van der Waals surface area contributed by atoms with Gasteiger partial charge in [0.1, 0.15) is 5.76 Å². The summed E-state index contributed by atoms with van der Waals surface area (Å²) in [5.74, 6) is 0.826. The van der Waals surface area contributed by atoms with Crippen LogP contribution in [0.5, 0.6) is 0 Å². The summed E-state index contributed by atoms with van der Waals surface area (Å²) >= 11 is 1.85. The molecule has 0 spiro atoms. The Bertz CT molecular complexity index is 351. The summed E-state index contributed by atoms with van der Waals surface area (Å²) in [4.78, 5) is 10.7. The van der Waals surface area contributed by atoms with Crippen molar-refractivity contribution in [3.8, 4) is 0 Å². The van der Waals surface area contributed by atoms with Crippen LogP contribution >= 0.6 is 11.8 Å². The van der Waals surface area contributed by atoms with Crippen LogP contribution in [0.15, 0.2) is 16.5 Å². The molecule has 0 saturated carbocycles. The van der Waals surface area contributed by atoms with E-state index >= 15 is 0 Å². The third-order valence-corrected chi connectivity index (χ3v) is 3.19. The topological polar surface area (TPSA) is 62.5 Å². The maximum Gasteiger partial charge on any atom is 0.371 e. The van der Waals surface area contributed by atoms with Crippen molar-refractivity contribution < 1.29 is 14.3 Å². The van der Waals surface area contributed by atoms with Crippen LogP contribution in [0, 0.1) is 0 Å². The molecule has 1 unspecified atom stereocenters. The van der Waals surface area contributed by atoms with E-state index in [2.05, 4.69) is 11.6 Å². The molecule has 0 aliphatic rings. The number of carboxylic acid groups (broad SMARTS) is 1. The number of hydrogen-bond acceptors (Lipinski definition) is 4. The lowest BCUT2D eigenvalue weighted by Gasteiger charge is -2.10. The van der Waals surface area contributed by atoms with Gasteiger partial charge in [0, 0.05) is 0 Å². The highest BCUT2D eigenvalue weighted by atomic mass is 32.2. The molecular formula is C12H19NO3S. The van der Waals surface area contributed by atoms with Crippen LogP contribution in [0.1, 0.15) is 42.1 Å².